The average molecular weight is 432 g/mol. The summed E-state index contributed by atoms with van der Waals surface area (Å²) in [6.07, 6.45) is 7.25. The molecule has 3 N–H and O–H groups in total. The molecule has 7 nitrogen and oxygen atoms in total. The highest BCUT2D eigenvalue weighted by molar-refractivity contribution is 6.02. The zero-order chi connectivity index (χ0) is 22.7. The van der Waals surface area contributed by atoms with Gasteiger partial charge in [0.25, 0.3) is 5.91 Å². The highest BCUT2D eigenvalue weighted by Crippen LogP contribution is 2.30. The van der Waals surface area contributed by atoms with E-state index in [0.29, 0.717) is 23.1 Å². The zero-order valence-corrected chi connectivity index (χ0v) is 18.5. The molecule has 166 valence electrons. The highest BCUT2D eigenvalue weighted by atomic mass is 16.2. The Bertz CT molecular complexity index is 1140. The van der Waals surface area contributed by atoms with Crippen molar-refractivity contribution in [1.29, 1.82) is 0 Å². The number of pyridine rings is 1. The van der Waals surface area contributed by atoms with E-state index in [1.807, 2.05) is 36.5 Å². The van der Waals surface area contributed by atoms with Crippen molar-refractivity contribution in [3.8, 4) is 11.3 Å². The van der Waals surface area contributed by atoms with Crippen molar-refractivity contribution in [2.45, 2.75) is 37.8 Å². The fraction of sp³-hybridized carbons (Fsp3) is 0.320. The van der Waals surface area contributed by atoms with Crippen LogP contribution < -0.4 is 10.6 Å². The maximum absolute atomic E-state index is 12.9. The van der Waals surface area contributed by atoms with Gasteiger partial charge >= 0.3 is 0 Å². The van der Waals surface area contributed by atoms with Crippen molar-refractivity contribution >= 4 is 28.4 Å². The number of nitrogens with one attached hydrogen (secondary N) is 3. The standard InChI is InChI=1S/C25H29N5O2/c1-4-24(31)27-17-10-13-21-19(14-17)20(15-26-21)22-6-5-7-23(29-22)25(32)28-16-8-11-18(12-9-16)30(2)3/h4-7,10,13-16,18,26H,1,8-9,11-12H2,2-3H3,(H,27,31)(H,28,32). The van der Waals surface area contributed by atoms with Crippen molar-refractivity contribution in [3.63, 3.8) is 0 Å². The summed E-state index contributed by atoms with van der Waals surface area (Å²) in [5.74, 6) is -0.406. The van der Waals surface area contributed by atoms with Gasteiger partial charge in [-0.3, -0.25) is 9.59 Å². The first-order chi connectivity index (χ1) is 15.4. The molecule has 1 saturated carbocycles. The second kappa shape index (κ2) is 9.36. The summed E-state index contributed by atoms with van der Waals surface area (Å²) in [4.78, 5) is 34.7. The van der Waals surface area contributed by atoms with E-state index in [-0.39, 0.29) is 17.9 Å². The van der Waals surface area contributed by atoms with E-state index in [1.165, 1.54) is 6.08 Å². The summed E-state index contributed by atoms with van der Waals surface area (Å²) < 4.78 is 0. The molecule has 2 heterocycles. The second-order valence-corrected chi connectivity index (χ2v) is 8.51. The summed E-state index contributed by atoms with van der Waals surface area (Å²) in [5, 5.41) is 6.85. The molecule has 4 rings (SSSR count). The van der Waals surface area contributed by atoms with Crippen LogP contribution in [0.2, 0.25) is 0 Å². The zero-order valence-electron chi connectivity index (χ0n) is 18.5. The van der Waals surface area contributed by atoms with Crippen LogP contribution in [0.25, 0.3) is 22.2 Å². The van der Waals surface area contributed by atoms with Gasteiger partial charge in [0.15, 0.2) is 0 Å². The van der Waals surface area contributed by atoms with E-state index >= 15 is 0 Å². The Balaban J connectivity index is 1.52. The molecule has 2 amide bonds. The van der Waals surface area contributed by atoms with Crippen molar-refractivity contribution < 1.29 is 9.59 Å². The van der Waals surface area contributed by atoms with Gasteiger partial charge in [-0.15, -0.1) is 0 Å². The van der Waals surface area contributed by atoms with Gasteiger partial charge in [-0.25, -0.2) is 4.98 Å². The lowest BCUT2D eigenvalue weighted by molar-refractivity contribution is -0.111. The molecule has 0 saturated heterocycles. The Morgan fingerprint density at radius 3 is 2.66 bits per heavy atom. The number of fused-ring (bicyclic) bond motifs is 1. The van der Waals surface area contributed by atoms with Crippen LogP contribution in [0.15, 0.2) is 55.3 Å². The van der Waals surface area contributed by atoms with Gasteiger partial charge in [0.2, 0.25) is 5.91 Å². The van der Waals surface area contributed by atoms with E-state index in [0.717, 1.165) is 42.1 Å². The molecule has 0 bridgehead atoms. The first kappa shape index (κ1) is 21.8. The van der Waals surface area contributed by atoms with E-state index in [1.54, 1.807) is 6.07 Å². The summed E-state index contributed by atoms with van der Waals surface area (Å²) in [5.41, 5.74) is 3.57. The molecule has 3 aromatic rings. The van der Waals surface area contributed by atoms with E-state index in [9.17, 15) is 9.59 Å². The molecule has 0 atom stereocenters. The van der Waals surface area contributed by atoms with Crippen LogP contribution in [0.5, 0.6) is 0 Å². The van der Waals surface area contributed by atoms with Crippen molar-refractivity contribution in [1.82, 2.24) is 20.2 Å². The predicted molar refractivity (Wildman–Crippen MR) is 128 cm³/mol. The van der Waals surface area contributed by atoms with Crippen LogP contribution in [0.3, 0.4) is 0 Å². The number of carbonyl (C=O) groups is 2. The Morgan fingerprint density at radius 2 is 1.94 bits per heavy atom. The van der Waals surface area contributed by atoms with E-state index in [2.05, 4.69) is 46.2 Å². The highest BCUT2D eigenvalue weighted by Gasteiger charge is 2.24. The lowest BCUT2D eigenvalue weighted by atomic mass is 9.90. The van der Waals surface area contributed by atoms with Crippen LogP contribution in [-0.4, -0.2) is 52.9 Å². The van der Waals surface area contributed by atoms with Crippen molar-refractivity contribution in [2.24, 2.45) is 0 Å². The van der Waals surface area contributed by atoms with Gasteiger partial charge < -0.3 is 20.5 Å². The molecule has 2 aromatic heterocycles. The van der Waals surface area contributed by atoms with Crippen LogP contribution in [-0.2, 0) is 4.79 Å². The monoisotopic (exact) mass is 431 g/mol. The van der Waals surface area contributed by atoms with Gasteiger partial charge in [-0.2, -0.15) is 0 Å². The molecule has 7 heteroatoms. The molecule has 1 aromatic carbocycles. The fourth-order valence-corrected chi connectivity index (χ4v) is 4.31. The minimum atomic E-state index is -0.266. The Labute approximate surface area is 187 Å². The number of hydrogen-bond acceptors (Lipinski definition) is 4. The molecule has 1 aliphatic rings. The topological polar surface area (TPSA) is 90.1 Å². The van der Waals surface area contributed by atoms with Crippen LogP contribution in [0, 0.1) is 0 Å². The summed E-state index contributed by atoms with van der Waals surface area (Å²) >= 11 is 0. The minimum absolute atomic E-state index is 0.140. The number of aromatic nitrogens is 2. The minimum Gasteiger partial charge on any atom is -0.360 e. The summed E-state index contributed by atoms with van der Waals surface area (Å²) in [6, 6.07) is 11.9. The van der Waals surface area contributed by atoms with Gasteiger partial charge in [0.05, 0.1) is 5.69 Å². The summed E-state index contributed by atoms with van der Waals surface area (Å²) in [6.45, 7) is 3.49. The van der Waals surface area contributed by atoms with Gasteiger partial charge in [0.1, 0.15) is 5.69 Å². The average Bonchev–Trinajstić information content (AvgIpc) is 3.22. The Morgan fingerprint density at radius 1 is 1.16 bits per heavy atom. The number of anilines is 1. The predicted octanol–water partition coefficient (Wildman–Crippen LogP) is 3.96. The maximum atomic E-state index is 12.9. The number of rotatable bonds is 6. The third kappa shape index (κ3) is 4.73. The van der Waals surface area contributed by atoms with Crippen molar-refractivity contribution in [2.75, 3.05) is 19.4 Å². The Kier molecular flexibility index (Phi) is 6.37. The molecular formula is C25H29N5O2. The quantitative estimate of drug-likeness (QED) is 0.516. The Hall–Kier alpha value is -3.45. The van der Waals surface area contributed by atoms with Crippen LogP contribution >= 0.6 is 0 Å². The molecule has 1 aliphatic carbocycles. The first-order valence-corrected chi connectivity index (χ1v) is 10.9. The lowest BCUT2D eigenvalue weighted by Crippen LogP contribution is -2.42. The van der Waals surface area contributed by atoms with Gasteiger partial charge in [-0.05, 0) is 76.2 Å². The maximum Gasteiger partial charge on any atom is 0.270 e. The number of benzene rings is 1. The third-order valence-corrected chi connectivity index (χ3v) is 6.15. The third-order valence-electron chi connectivity index (χ3n) is 6.15. The molecule has 0 aliphatic heterocycles. The van der Waals surface area contributed by atoms with Gasteiger partial charge in [-0.1, -0.05) is 12.6 Å². The molecule has 0 spiro atoms. The SMILES string of the molecule is C=CC(=O)Nc1ccc2[nH]cc(-c3cccc(C(=O)NC4CCC(N(C)C)CC4)n3)c2c1. The fourth-order valence-electron chi connectivity index (χ4n) is 4.31. The first-order valence-electron chi connectivity index (χ1n) is 10.9. The van der Waals surface area contributed by atoms with Crippen molar-refractivity contribution in [3.05, 3.63) is 60.9 Å². The second-order valence-electron chi connectivity index (χ2n) is 8.51. The molecule has 32 heavy (non-hydrogen) atoms. The van der Waals surface area contributed by atoms with Crippen LogP contribution in [0.4, 0.5) is 5.69 Å². The smallest absolute Gasteiger partial charge is 0.270 e. The number of H-pyrrole nitrogens is 1. The number of carbonyl (C=O) groups excluding carboxylic acids is 2. The number of aromatic amines is 1. The molecule has 0 radical (unpaired) electrons. The normalized spacial score (nSPS) is 18.5. The lowest BCUT2D eigenvalue weighted by Gasteiger charge is -2.32. The molecule has 0 unspecified atom stereocenters. The van der Waals surface area contributed by atoms with Crippen LogP contribution in [0.1, 0.15) is 36.2 Å². The van der Waals surface area contributed by atoms with Gasteiger partial charge in [0, 0.05) is 40.4 Å². The van der Waals surface area contributed by atoms with E-state index < -0.39 is 0 Å². The number of amides is 2. The summed E-state index contributed by atoms with van der Waals surface area (Å²) in [7, 11) is 4.22. The largest absolute Gasteiger partial charge is 0.360 e. The number of hydrogen-bond donors (Lipinski definition) is 3. The molecular weight excluding hydrogens is 402 g/mol. The number of nitrogens with zero attached hydrogens (tertiary/aromatic N) is 2. The van der Waals surface area contributed by atoms with E-state index in [4.69, 9.17) is 0 Å². The molecule has 1 fully saturated rings.